The van der Waals surface area contributed by atoms with Gasteiger partial charge in [-0.2, -0.15) is 0 Å². The minimum absolute atomic E-state index is 0.307. The zero-order valence-corrected chi connectivity index (χ0v) is 15.4. The number of benzene rings is 2. The van der Waals surface area contributed by atoms with Crippen molar-refractivity contribution in [2.24, 2.45) is 0 Å². The van der Waals surface area contributed by atoms with Crippen molar-refractivity contribution in [1.82, 2.24) is 10.2 Å². The highest BCUT2D eigenvalue weighted by molar-refractivity contribution is 5.33. The van der Waals surface area contributed by atoms with E-state index in [1.165, 1.54) is 36.4 Å². The van der Waals surface area contributed by atoms with Gasteiger partial charge in [0.15, 0.2) is 6.10 Å². The lowest BCUT2D eigenvalue weighted by atomic mass is 9.74. The second kappa shape index (κ2) is 7.67. The summed E-state index contributed by atoms with van der Waals surface area (Å²) in [6.07, 6.45) is 0.715. The Morgan fingerprint density at radius 2 is 1.75 bits per heavy atom. The maximum absolute atomic E-state index is 13.9. The predicted octanol–water partition coefficient (Wildman–Crippen LogP) is 4.58. The molecule has 1 aromatic heterocycles. The molecule has 1 aliphatic heterocycles. The van der Waals surface area contributed by atoms with Crippen molar-refractivity contribution in [2.75, 3.05) is 13.2 Å². The fourth-order valence-electron chi connectivity index (χ4n) is 3.49. The van der Waals surface area contributed by atoms with Gasteiger partial charge in [-0.1, -0.05) is 12.1 Å². The van der Waals surface area contributed by atoms with E-state index in [0.717, 1.165) is 5.56 Å². The van der Waals surface area contributed by atoms with E-state index in [-0.39, 0.29) is 11.6 Å². The molecule has 0 N–H and O–H groups in total. The van der Waals surface area contributed by atoms with E-state index < -0.39 is 11.5 Å². The van der Waals surface area contributed by atoms with Crippen molar-refractivity contribution in [3.05, 3.63) is 77.5 Å². The van der Waals surface area contributed by atoms with Crippen LogP contribution in [0.25, 0.3) is 0 Å². The van der Waals surface area contributed by atoms with Crippen LogP contribution < -0.4 is 4.74 Å². The second-order valence-corrected chi connectivity index (χ2v) is 6.86. The zero-order chi connectivity index (χ0) is 19.6. The van der Waals surface area contributed by atoms with Crippen LogP contribution in [0.2, 0.25) is 0 Å². The van der Waals surface area contributed by atoms with E-state index in [0.29, 0.717) is 43.6 Å². The summed E-state index contributed by atoms with van der Waals surface area (Å²) in [5.74, 6) is 0.583. The van der Waals surface area contributed by atoms with E-state index in [1.54, 1.807) is 13.0 Å². The third kappa shape index (κ3) is 3.62. The Bertz CT molecular complexity index is 937. The fourth-order valence-corrected chi connectivity index (χ4v) is 3.49. The largest absolute Gasteiger partial charge is 0.481 e. The average Bonchev–Trinajstić information content (AvgIpc) is 3.21. The predicted molar refractivity (Wildman–Crippen MR) is 97.0 cm³/mol. The van der Waals surface area contributed by atoms with E-state index in [4.69, 9.17) is 13.9 Å². The van der Waals surface area contributed by atoms with Crippen molar-refractivity contribution in [1.29, 1.82) is 0 Å². The van der Waals surface area contributed by atoms with Gasteiger partial charge in [0.2, 0.25) is 5.89 Å². The first-order valence-electron chi connectivity index (χ1n) is 9.17. The Labute approximate surface area is 161 Å². The van der Waals surface area contributed by atoms with Crippen LogP contribution in [0.4, 0.5) is 8.78 Å². The number of nitrogens with zero attached hydrogens (tertiary/aromatic N) is 2. The van der Waals surface area contributed by atoms with Crippen LogP contribution in [0.1, 0.15) is 43.2 Å². The van der Waals surface area contributed by atoms with E-state index >= 15 is 0 Å². The summed E-state index contributed by atoms with van der Waals surface area (Å²) in [6, 6.07) is 12.2. The molecule has 0 spiro atoms. The summed E-state index contributed by atoms with van der Waals surface area (Å²) in [4.78, 5) is 0. The molecule has 146 valence electrons. The lowest BCUT2D eigenvalue weighted by molar-refractivity contribution is 0.0529. The molecule has 0 unspecified atom stereocenters. The van der Waals surface area contributed by atoms with Gasteiger partial charge in [0.1, 0.15) is 17.4 Å². The Morgan fingerprint density at radius 3 is 2.46 bits per heavy atom. The molecule has 28 heavy (non-hydrogen) atoms. The third-order valence-electron chi connectivity index (χ3n) is 5.05. The van der Waals surface area contributed by atoms with Crippen LogP contribution in [0.15, 0.2) is 52.9 Å². The maximum atomic E-state index is 13.9. The van der Waals surface area contributed by atoms with Crippen molar-refractivity contribution in [2.45, 2.75) is 31.3 Å². The SMILES string of the molecule is C[C@@H](Oc1ccc(F)cc1)c1nnc(C2(c3cccc(F)c3)CCOCC2)o1. The molecule has 4 rings (SSSR count). The average molecular weight is 386 g/mol. The first-order valence-corrected chi connectivity index (χ1v) is 9.17. The fraction of sp³-hybridized carbons (Fsp3) is 0.333. The number of hydrogen-bond acceptors (Lipinski definition) is 5. The van der Waals surface area contributed by atoms with Crippen LogP contribution in [0.5, 0.6) is 5.75 Å². The van der Waals surface area contributed by atoms with Crippen LogP contribution in [0.3, 0.4) is 0 Å². The Morgan fingerprint density at radius 1 is 1.00 bits per heavy atom. The summed E-state index contributed by atoms with van der Waals surface area (Å²) >= 11 is 0. The summed E-state index contributed by atoms with van der Waals surface area (Å²) in [5.41, 5.74) is 0.194. The molecule has 3 aromatic rings. The smallest absolute Gasteiger partial charge is 0.256 e. The van der Waals surface area contributed by atoms with Crippen LogP contribution >= 0.6 is 0 Å². The zero-order valence-electron chi connectivity index (χ0n) is 15.4. The molecule has 2 heterocycles. The van der Waals surface area contributed by atoms with Crippen molar-refractivity contribution >= 4 is 0 Å². The minimum Gasteiger partial charge on any atom is -0.481 e. The number of ether oxygens (including phenoxy) is 2. The Balaban J connectivity index is 1.62. The van der Waals surface area contributed by atoms with Gasteiger partial charge in [0.05, 0.1) is 5.41 Å². The molecule has 0 amide bonds. The summed E-state index contributed by atoms with van der Waals surface area (Å²) in [5, 5.41) is 8.41. The highest BCUT2D eigenvalue weighted by atomic mass is 19.1. The van der Waals surface area contributed by atoms with Gasteiger partial charge in [-0.3, -0.25) is 0 Å². The summed E-state index contributed by atoms with van der Waals surface area (Å²) in [7, 11) is 0. The van der Waals surface area contributed by atoms with Gasteiger partial charge < -0.3 is 13.9 Å². The minimum atomic E-state index is -0.596. The van der Waals surface area contributed by atoms with Gasteiger partial charge in [-0.05, 0) is 61.7 Å². The second-order valence-electron chi connectivity index (χ2n) is 6.86. The van der Waals surface area contributed by atoms with Crippen molar-refractivity contribution < 1.29 is 22.7 Å². The number of aromatic nitrogens is 2. The standard InChI is InChI=1S/C21H20F2N2O3/c1-14(27-18-7-5-16(22)6-8-18)19-24-25-20(28-19)21(9-11-26-12-10-21)15-3-2-4-17(23)13-15/h2-8,13-14H,9-12H2,1H3/t14-/m1/s1. The first-order chi connectivity index (χ1) is 13.6. The van der Waals surface area contributed by atoms with Gasteiger partial charge in [0.25, 0.3) is 5.89 Å². The topological polar surface area (TPSA) is 57.4 Å². The first kappa shape index (κ1) is 18.6. The van der Waals surface area contributed by atoms with Crippen LogP contribution in [-0.2, 0) is 10.2 Å². The Hall–Kier alpha value is -2.80. The molecule has 1 atom stereocenters. The lowest BCUT2D eigenvalue weighted by Crippen LogP contribution is -2.35. The normalized spacial score (nSPS) is 17.2. The molecule has 0 radical (unpaired) electrons. The molecule has 2 aromatic carbocycles. The maximum Gasteiger partial charge on any atom is 0.256 e. The molecule has 1 aliphatic rings. The molecule has 0 aliphatic carbocycles. The molecule has 5 nitrogen and oxygen atoms in total. The van der Waals surface area contributed by atoms with Crippen molar-refractivity contribution in [3.63, 3.8) is 0 Å². The van der Waals surface area contributed by atoms with E-state index in [1.807, 2.05) is 6.07 Å². The van der Waals surface area contributed by atoms with Gasteiger partial charge in [-0.25, -0.2) is 8.78 Å². The Kier molecular flexibility index (Phi) is 5.09. The highest BCUT2D eigenvalue weighted by Gasteiger charge is 2.42. The van der Waals surface area contributed by atoms with E-state index in [9.17, 15) is 8.78 Å². The monoisotopic (exact) mass is 386 g/mol. The number of halogens is 2. The summed E-state index contributed by atoms with van der Waals surface area (Å²) < 4.78 is 44.2. The van der Waals surface area contributed by atoms with Gasteiger partial charge >= 0.3 is 0 Å². The van der Waals surface area contributed by atoms with Crippen LogP contribution in [0, 0.1) is 11.6 Å². The highest BCUT2D eigenvalue weighted by Crippen LogP contribution is 2.41. The molecule has 1 saturated heterocycles. The van der Waals surface area contributed by atoms with Gasteiger partial charge in [-0.15, -0.1) is 10.2 Å². The summed E-state index contributed by atoms with van der Waals surface area (Å²) in [6.45, 7) is 2.82. The molecular formula is C21H20F2N2O3. The molecule has 0 saturated carbocycles. The third-order valence-corrected chi connectivity index (χ3v) is 5.05. The van der Waals surface area contributed by atoms with Crippen LogP contribution in [-0.4, -0.2) is 23.4 Å². The molecule has 0 bridgehead atoms. The number of rotatable bonds is 5. The quantitative estimate of drug-likeness (QED) is 0.642. The lowest BCUT2D eigenvalue weighted by Gasteiger charge is -2.34. The number of hydrogen-bond donors (Lipinski definition) is 0. The molecule has 7 heteroatoms. The van der Waals surface area contributed by atoms with Crippen molar-refractivity contribution in [3.8, 4) is 5.75 Å². The molecule has 1 fully saturated rings. The van der Waals surface area contributed by atoms with E-state index in [2.05, 4.69) is 10.2 Å². The van der Waals surface area contributed by atoms with Gasteiger partial charge in [0, 0.05) is 13.2 Å². The molecular weight excluding hydrogens is 366 g/mol.